The van der Waals surface area contributed by atoms with Crippen LogP contribution in [0.15, 0.2) is 4.99 Å². The Bertz CT molecular complexity index is 300. The van der Waals surface area contributed by atoms with Gasteiger partial charge in [0.2, 0.25) is 0 Å². The zero-order valence-electron chi connectivity index (χ0n) is 11.4. The predicted octanol–water partition coefficient (Wildman–Crippen LogP) is 1.13. The summed E-state index contributed by atoms with van der Waals surface area (Å²) in [6, 6.07) is 0. The highest BCUT2D eigenvalue weighted by molar-refractivity contribution is 5.81. The van der Waals surface area contributed by atoms with Crippen LogP contribution in [-0.4, -0.2) is 54.5 Å². The molecule has 4 heteroatoms. The van der Waals surface area contributed by atoms with Crippen LogP contribution in [0.4, 0.5) is 0 Å². The number of hydrogen-bond donors (Lipinski definition) is 1. The zero-order chi connectivity index (χ0) is 12.5. The van der Waals surface area contributed by atoms with Crippen molar-refractivity contribution in [3.63, 3.8) is 0 Å². The first-order chi connectivity index (χ1) is 8.03. The maximum Gasteiger partial charge on any atom is 0.191 e. The van der Waals surface area contributed by atoms with Crippen LogP contribution in [0.3, 0.4) is 0 Å². The SMILES string of the molecule is CC(C)CN1C(N)=NCC12CCCN(C)CC2. The van der Waals surface area contributed by atoms with Crippen molar-refractivity contribution in [2.24, 2.45) is 16.6 Å². The van der Waals surface area contributed by atoms with Gasteiger partial charge in [0, 0.05) is 13.1 Å². The number of rotatable bonds is 2. The van der Waals surface area contributed by atoms with Crippen LogP contribution in [0.1, 0.15) is 33.1 Å². The third-order valence-corrected chi connectivity index (χ3v) is 4.07. The van der Waals surface area contributed by atoms with Gasteiger partial charge < -0.3 is 15.5 Å². The number of nitrogens with two attached hydrogens (primary N) is 1. The molecular weight excluding hydrogens is 212 g/mol. The van der Waals surface area contributed by atoms with Crippen LogP contribution in [0.25, 0.3) is 0 Å². The minimum Gasteiger partial charge on any atom is -0.370 e. The molecule has 17 heavy (non-hydrogen) atoms. The van der Waals surface area contributed by atoms with Gasteiger partial charge in [-0.2, -0.15) is 0 Å². The lowest BCUT2D eigenvalue weighted by Crippen LogP contribution is -2.53. The summed E-state index contributed by atoms with van der Waals surface area (Å²) < 4.78 is 0. The van der Waals surface area contributed by atoms with E-state index in [-0.39, 0.29) is 5.54 Å². The van der Waals surface area contributed by atoms with Crippen LogP contribution >= 0.6 is 0 Å². The summed E-state index contributed by atoms with van der Waals surface area (Å²) in [5.74, 6) is 1.41. The van der Waals surface area contributed by atoms with E-state index in [1.807, 2.05) is 0 Å². The third kappa shape index (κ3) is 2.57. The Morgan fingerprint density at radius 3 is 2.82 bits per heavy atom. The number of aliphatic imine (C=N–C) groups is 1. The van der Waals surface area contributed by atoms with Crippen LogP contribution in [-0.2, 0) is 0 Å². The monoisotopic (exact) mass is 238 g/mol. The molecule has 1 atom stereocenters. The van der Waals surface area contributed by atoms with E-state index < -0.39 is 0 Å². The van der Waals surface area contributed by atoms with Crippen molar-refractivity contribution in [2.45, 2.75) is 38.6 Å². The zero-order valence-corrected chi connectivity index (χ0v) is 11.4. The van der Waals surface area contributed by atoms with Gasteiger partial charge in [0.05, 0.1) is 12.1 Å². The van der Waals surface area contributed by atoms with Crippen molar-refractivity contribution < 1.29 is 0 Å². The van der Waals surface area contributed by atoms with Gasteiger partial charge in [-0.15, -0.1) is 0 Å². The second-order valence-electron chi connectivity index (χ2n) is 6.06. The molecule has 2 aliphatic rings. The molecule has 4 nitrogen and oxygen atoms in total. The maximum atomic E-state index is 6.08. The second kappa shape index (κ2) is 4.84. The Kier molecular flexibility index (Phi) is 3.61. The first kappa shape index (κ1) is 12.7. The average Bonchev–Trinajstić information content (AvgIpc) is 2.47. The summed E-state index contributed by atoms with van der Waals surface area (Å²) in [7, 11) is 2.21. The van der Waals surface area contributed by atoms with Crippen LogP contribution in [0.5, 0.6) is 0 Å². The lowest BCUT2D eigenvalue weighted by molar-refractivity contribution is 0.160. The van der Waals surface area contributed by atoms with E-state index in [0.29, 0.717) is 5.92 Å². The summed E-state index contributed by atoms with van der Waals surface area (Å²) in [4.78, 5) is 9.33. The molecule has 98 valence electrons. The first-order valence-corrected chi connectivity index (χ1v) is 6.80. The Labute approximate surface area is 105 Å². The van der Waals surface area contributed by atoms with Crippen molar-refractivity contribution in [2.75, 3.05) is 33.2 Å². The first-order valence-electron chi connectivity index (χ1n) is 6.80. The second-order valence-corrected chi connectivity index (χ2v) is 6.06. The number of likely N-dealkylation sites (tertiary alicyclic amines) is 1. The quantitative estimate of drug-likeness (QED) is 0.784. The van der Waals surface area contributed by atoms with Gasteiger partial charge in [-0.25, -0.2) is 0 Å². The number of hydrogen-bond acceptors (Lipinski definition) is 4. The van der Waals surface area contributed by atoms with Crippen LogP contribution in [0, 0.1) is 5.92 Å². The Hall–Kier alpha value is -0.770. The number of nitrogens with zero attached hydrogens (tertiary/aromatic N) is 3. The normalized spacial score (nSPS) is 31.1. The molecule has 2 N–H and O–H groups in total. The Morgan fingerprint density at radius 2 is 2.12 bits per heavy atom. The van der Waals surface area contributed by atoms with Gasteiger partial charge in [-0.05, 0) is 38.8 Å². The van der Waals surface area contributed by atoms with Crippen molar-refractivity contribution in [3.05, 3.63) is 0 Å². The minimum absolute atomic E-state index is 0.221. The van der Waals surface area contributed by atoms with E-state index in [9.17, 15) is 0 Å². The Balaban J connectivity index is 2.12. The van der Waals surface area contributed by atoms with E-state index >= 15 is 0 Å². The highest BCUT2D eigenvalue weighted by Gasteiger charge is 2.42. The molecule has 0 aliphatic carbocycles. The lowest BCUT2D eigenvalue weighted by atomic mass is 9.89. The third-order valence-electron chi connectivity index (χ3n) is 4.07. The molecule has 1 unspecified atom stereocenters. The molecule has 0 saturated carbocycles. The summed E-state index contributed by atoms with van der Waals surface area (Å²) >= 11 is 0. The molecule has 0 aromatic carbocycles. The molecule has 1 spiro atoms. The van der Waals surface area contributed by atoms with E-state index in [1.165, 1.54) is 25.8 Å². The number of guanidine groups is 1. The smallest absolute Gasteiger partial charge is 0.191 e. The van der Waals surface area contributed by atoms with E-state index in [0.717, 1.165) is 25.6 Å². The van der Waals surface area contributed by atoms with E-state index in [2.05, 4.69) is 35.7 Å². The molecule has 2 rings (SSSR count). The van der Waals surface area contributed by atoms with Gasteiger partial charge in [0.25, 0.3) is 0 Å². The van der Waals surface area contributed by atoms with Gasteiger partial charge in [-0.1, -0.05) is 13.8 Å². The largest absolute Gasteiger partial charge is 0.370 e. The topological polar surface area (TPSA) is 44.9 Å². The molecule has 2 heterocycles. The molecule has 0 amide bonds. The van der Waals surface area contributed by atoms with Crippen LogP contribution in [0.2, 0.25) is 0 Å². The highest BCUT2D eigenvalue weighted by Crippen LogP contribution is 2.33. The van der Waals surface area contributed by atoms with Gasteiger partial charge in [0.1, 0.15) is 0 Å². The summed E-state index contributed by atoms with van der Waals surface area (Å²) in [5.41, 5.74) is 6.30. The highest BCUT2D eigenvalue weighted by atomic mass is 15.4. The standard InChI is InChI=1S/C13H26N4/c1-11(2)9-17-12(14)15-10-13(17)5-4-7-16(3)8-6-13/h11H,4-10H2,1-3H3,(H2,14,15). The summed E-state index contributed by atoms with van der Waals surface area (Å²) in [6.07, 6.45) is 3.68. The van der Waals surface area contributed by atoms with Crippen molar-refractivity contribution in [3.8, 4) is 0 Å². The molecule has 1 fully saturated rings. The summed E-state index contributed by atoms with van der Waals surface area (Å²) in [5, 5.41) is 0. The molecule has 0 radical (unpaired) electrons. The maximum absolute atomic E-state index is 6.08. The van der Waals surface area contributed by atoms with Crippen LogP contribution < -0.4 is 5.73 Å². The van der Waals surface area contributed by atoms with Gasteiger partial charge >= 0.3 is 0 Å². The Morgan fingerprint density at radius 1 is 1.35 bits per heavy atom. The van der Waals surface area contributed by atoms with Crippen molar-refractivity contribution >= 4 is 5.96 Å². The minimum atomic E-state index is 0.221. The van der Waals surface area contributed by atoms with Crippen molar-refractivity contribution in [1.82, 2.24) is 9.80 Å². The lowest BCUT2D eigenvalue weighted by Gasteiger charge is -2.39. The molecule has 1 saturated heterocycles. The molecule has 2 aliphatic heterocycles. The fourth-order valence-corrected chi connectivity index (χ4v) is 3.04. The van der Waals surface area contributed by atoms with Crippen molar-refractivity contribution in [1.29, 1.82) is 0 Å². The fourth-order valence-electron chi connectivity index (χ4n) is 3.04. The summed E-state index contributed by atoms with van der Waals surface area (Å²) in [6.45, 7) is 8.82. The fraction of sp³-hybridized carbons (Fsp3) is 0.923. The van der Waals surface area contributed by atoms with Gasteiger partial charge in [-0.3, -0.25) is 4.99 Å². The molecule has 0 bridgehead atoms. The predicted molar refractivity (Wildman–Crippen MR) is 72.1 cm³/mol. The van der Waals surface area contributed by atoms with Gasteiger partial charge in [0.15, 0.2) is 5.96 Å². The molecule has 0 aromatic rings. The molecular formula is C13H26N4. The van der Waals surface area contributed by atoms with E-state index in [4.69, 9.17) is 5.73 Å². The molecule has 0 aromatic heterocycles. The average molecular weight is 238 g/mol. The van der Waals surface area contributed by atoms with E-state index in [1.54, 1.807) is 0 Å².